The van der Waals surface area contributed by atoms with Gasteiger partial charge in [-0.2, -0.15) is 0 Å². The Hall–Kier alpha value is -1.31. The molecule has 1 unspecified atom stereocenters. The fourth-order valence-electron chi connectivity index (χ4n) is 2.14. The molecule has 1 N–H and O–H groups in total. The van der Waals surface area contributed by atoms with Crippen molar-refractivity contribution in [2.45, 2.75) is 51.9 Å². The Morgan fingerprint density at radius 1 is 1.18 bits per heavy atom. The molecule has 1 aromatic rings. The summed E-state index contributed by atoms with van der Waals surface area (Å²) in [5, 5.41) is 0. The fraction of sp³-hybridized carbons (Fsp3) is 0.533. The number of imidazole rings is 1. The zero-order valence-electron chi connectivity index (χ0n) is 11.1. The first-order valence-corrected chi connectivity index (χ1v) is 6.61. The lowest BCUT2D eigenvalue weighted by atomic mass is 9.96. The van der Waals surface area contributed by atoms with Gasteiger partial charge in [0.1, 0.15) is 5.82 Å². The standard InChI is InChI=1S/C15H24N2/c1-5-9-11-12(10-6-2)15-16-13(7-3)14(8-4)17-15/h7-8,12H,3-6,9-11H2,1-2H3,(H,16,17). The van der Waals surface area contributed by atoms with Crippen molar-refractivity contribution in [1.82, 2.24) is 9.97 Å². The van der Waals surface area contributed by atoms with Crippen molar-refractivity contribution < 1.29 is 0 Å². The van der Waals surface area contributed by atoms with Crippen LogP contribution >= 0.6 is 0 Å². The lowest BCUT2D eigenvalue weighted by Gasteiger charge is -2.12. The maximum atomic E-state index is 4.63. The molecule has 0 aromatic carbocycles. The summed E-state index contributed by atoms with van der Waals surface area (Å²) < 4.78 is 0. The van der Waals surface area contributed by atoms with E-state index in [-0.39, 0.29) is 0 Å². The SMILES string of the molecule is C=Cc1nc(C(CCC)CCCC)[nH]c1C=C. The van der Waals surface area contributed by atoms with Crippen LogP contribution in [0, 0.1) is 0 Å². The summed E-state index contributed by atoms with van der Waals surface area (Å²) in [6, 6.07) is 0. The van der Waals surface area contributed by atoms with Gasteiger partial charge in [0.15, 0.2) is 0 Å². The maximum Gasteiger partial charge on any atom is 0.110 e. The van der Waals surface area contributed by atoms with Gasteiger partial charge in [-0.25, -0.2) is 4.98 Å². The molecule has 2 nitrogen and oxygen atoms in total. The first-order chi connectivity index (χ1) is 8.26. The molecule has 0 saturated heterocycles. The van der Waals surface area contributed by atoms with E-state index in [2.05, 4.69) is 37.0 Å². The van der Waals surface area contributed by atoms with Gasteiger partial charge in [-0.1, -0.05) is 46.3 Å². The first-order valence-electron chi connectivity index (χ1n) is 6.61. The predicted octanol–water partition coefficient (Wildman–Crippen LogP) is 4.77. The quantitative estimate of drug-likeness (QED) is 0.687. The van der Waals surface area contributed by atoms with Crippen molar-refractivity contribution in [3.05, 3.63) is 30.4 Å². The topological polar surface area (TPSA) is 28.7 Å². The smallest absolute Gasteiger partial charge is 0.110 e. The summed E-state index contributed by atoms with van der Waals surface area (Å²) in [7, 11) is 0. The number of nitrogens with zero attached hydrogens (tertiary/aromatic N) is 1. The van der Waals surface area contributed by atoms with Crippen molar-refractivity contribution in [3.8, 4) is 0 Å². The highest BCUT2D eigenvalue weighted by molar-refractivity contribution is 5.57. The molecule has 0 bridgehead atoms. The molecule has 0 fully saturated rings. The Balaban J connectivity index is 2.88. The minimum Gasteiger partial charge on any atom is -0.342 e. The van der Waals surface area contributed by atoms with Crippen molar-refractivity contribution >= 4 is 12.2 Å². The summed E-state index contributed by atoms with van der Waals surface area (Å²) in [6.07, 6.45) is 9.71. The average molecular weight is 232 g/mol. The van der Waals surface area contributed by atoms with Crippen LogP contribution in [0.2, 0.25) is 0 Å². The second-order valence-electron chi connectivity index (χ2n) is 4.46. The van der Waals surface area contributed by atoms with E-state index in [1.54, 1.807) is 6.08 Å². The molecule has 94 valence electrons. The van der Waals surface area contributed by atoms with Gasteiger partial charge >= 0.3 is 0 Å². The van der Waals surface area contributed by atoms with Gasteiger partial charge in [0, 0.05) is 5.92 Å². The molecule has 0 aliphatic carbocycles. The number of hydrogen-bond donors (Lipinski definition) is 1. The molecule has 1 heterocycles. The number of aromatic amines is 1. The number of nitrogens with one attached hydrogen (secondary N) is 1. The third kappa shape index (κ3) is 3.58. The number of unbranched alkanes of at least 4 members (excludes halogenated alkanes) is 1. The number of hydrogen-bond acceptors (Lipinski definition) is 1. The zero-order chi connectivity index (χ0) is 12.7. The van der Waals surface area contributed by atoms with Gasteiger partial charge < -0.3 is 4.98 Å². The van der Waals surface area contributed by atoms with Gasteiger partial charge in [0.05, 0.1) is 11.4 Å². The van der Waals surface area contributed by atoms with E-state index in [0.717, 1.165) is 17.2 Å². The van der Waals surface area contributed by atoms with Crippen LogP contribution < -0.4 is 0 Å². The molecule has 1 aromatic heterocycles. The zero-order valence-corrected chi connectivity index (χ0v) is 11.1. The molecule has 0 spiro atoms. The van der Waals surface area contributed by atoms with Crippen LogP contribution in [-0.2, 0) is 0 Å². The first kappa shape index (κ1) is 13.8. The van der Waals surface area contributed by atoms with Gasteiger partial charge in [-0.15, -0.1) is 0 Å². The number of H-pyrrole nitrogens is 1. The van der Waals surface area contributed by atoms with Crippen LogP contribution in [0.5, 0.6) is 0 Å². The summed E-state index contributed by atoms with van der Waals surface area (Å²) in [4.78, 5) is 8.00. The van der Waals surface area contributed by atoms with Gasteiger partial charge in [0.2, 0.25) is 0 Å². The van der Waals surface area contributed by atoms with Gasteiger partial charge in [0.25, 0.3) is 0 Å². The molecule has 2 heteroatoms. The summed E-state index contributed by atoms with van der Waals surface area (Å²) >= 11 is 0. The third-order valence-electron chi connectivity index (χ3n) is 3.11. The van der Waals surface area contributed by atoms with E-state index in [9.17, 15) is 0 Å². The second kappa shape index (κ2) is 7.10. The number of rotatable bonds is 8. The minimum absolute atomic E-state index is 0.548. The molecular formula is C15H24N2. The molecule has 0 amide bonds. The van der Waals surface area contributed by atoms with E-state index in [4.69, 9.17) is 0 Å². The van der Waals surface area contributed by atoms with Gasteiger partial charge in [-0.3, -0.25) is 0 Å². The molecule has 0 saturated carbocycles. The van der Waals surface area contributed by atoms with E-state index < -0.39 is 0 Å². The van der Waals surface area contributed by atoms with Crippen LogP contribution in [0.1, 0.15) is 69.1 Å². The van der Waals surface area contributed by atoms with Crippen molar-refractivity contribution in [3.63, 3.8) is 0 Å². The monoisotopic (exact) mass is 232 g/mol. The molecule has 1 atom stereocenters. The summed E-state index contributed by atoms with van der Waals surface area (Å²) in [5.41, 5.74) is 1.92. The molecule has 0 aliphatic heterocycles. The van der Waals surface area contributed by atoms with Crippen LogP contribution in [0.25, 0.3) is 12.2 Å². The highest BCUT2D eigenvalue weighted by atomic mass is 14.9. The molecule has 1 rings (SSSR count). The molecule has 0 radical (unpaired) electrons. The van der Waals surface area contributed by atoms with E-state index in [1.165, 1.54) is 32.1 Å². The van der Waals surface area contributed by atoms with Gasteiger partial charge in [-0.05, 0) is 25.0 Å². The van der Waals surface area contributed by atoms with E-state index in [1.807, 2.05) is 6.08 Å². The Bertz CT molecular complexity index is 337. The molecule has 17 heavy (non-hydrogen) atoms. The van der Waals surface area contributed by atoms with Crippen LogP contribution in [-0.4, -0.2) is 9.97 Å². The summed E-state index contributed by atoms with van der Waals surface area (Å²) in [5.74, 6) is 1.65. The van der Waals surface area contributed by atoms with Crippen molar-refractivity contribution in [1.29, 1.82) is 0 Å². The minimum atomic E-state index is 0.548. The average Bonchev–Trinajstić information content (AvgIpc) is 2.77. The lowest BCUT2D eigenvalue weighted by Crippen LogP contribution is -2.01. The number of aromatic nitrogens is 2. The fourth-order valence-corrected chi connectivity index (χ4v) is 2.14. The van der Waals surface area contributed by atoms with Crippen molar-refractivity contribution in [2.24, 2.45) is 0 Å². The predicted molar refractivity (Wildman–Crippen MR) is 75.9 cm³/mol. The highest BCUT2D eigenvalue weighted by Gasteiger charge is 2.15. The normalized spacial score (nSPS) is 12.4. The Morgan fingerprint density at radius 3 is 2.41 bits per heavy atom. The van der Waals surface area contributed by atoms with Crippen molar-refractivity contribution in [2.75, 3.05) is 0 Å². The maximum absolute atomic E-state index is 4.63. The second-order valence-corrected chi connectivity index (χ2v) is 4.46. The molecular weight excluding hydrogens is 208 g/mol. The molecule has 0 aliphatic rings. The van der Waals surface area contributed by atoms with Crippen LogP contribution in [0.3, 0.4) is 0 Å². The Labute approximate surface area is 105 Å². The summed E-state index contributed by atoms with van der Waals surface area (Å²) in [6.45, 7) is 12.0. The lowest BCUT2D eigenvalue weighted by molar-refractivity contribution is 0.521. The Kier molecular flexibility index (Phi) is 5.75. The third-order valence-corrected chi connectivity index (χ3v) is 3.11. The largest absolute Gasteiger partial charge is 0.342 e. The van der Waals surface area contributed by atoms with Crippen LogP contribution in [0.15, 0.2) is 13.2 Å². The van der Waals surface area contributed by atoms with Crippen LogP contribution in [0.4, 0.5) is 0 Å². The van der Waals surface area contributed by atoms with E-state index in [0.29, 0.717) is 5.92 Å². The van der Waals surface area contributed by atoms with E-state index >= 15 is 0 Å². The highest BCUT2D eigenvalue weighted by Crippen LogP contribution is 2.26. The Morgan fingerprint density at radius 2 is 1.94 bits per heavy atom.